The first kappa shape index (κ1) is 14.8. The summed E-state index contributed by atoms with van der Waals surface area (Å²) in [5.74, 6) is -0.973. The Labute approximate surface area is 120 Å². The summed E-state index contributed by atoms with van der Waals surface area (Å²) in [5, 5.41) is 10.4. The summed E-state index contributed by atoms with van der Waals surface area (Å²) >= 11 is 5.91. The predicted octanol–water partition coefficient (Wildman–Crippen LogP) is 3.90. The maximum atomic E-state index is 13.7. The lowest BCUT2D eigenvalue weighted by Crippen LogP contribution is -2.05. The average Bonchev–Trinajstić information content (AvgIpc) is 2.43. The van der Waals surface area contributed by atoms with Crippen LogP contribution in [-0.2, 0) is 6.42 Å². The summed E-state index contributed by atoms with van der Waals surface area (Å²) < 4.78 is 31.8. The second kappa shape index (κ2) is 6.20. The lowest BCUT2D eigenvalue weighted by Gasteiger charge is -2.14. The van der Waals surface area contributed by atoms with Crippen molar-refractivity contribution in [2.45, 2.75) is 12.5 Å². The van der Waals surface area contributed by atoms with E-state index < -0.39 is 17.7 Å². The van der Waals surface area contributed by atoms with Crippen LogP contribution in [0.5, 0.6) is 5.75 Å². The van der Waals surface area contributed by atoms with E-state index in [1.807, 2.05) is 0 Å². The van der Waals surface area contributed by atoms with E-state index in [2.05, 4.69) is 0 Å². The molecule has 1 N–H and O–H groups in total. The van der Waals surface area contributed by atoms with Gasteiger partial charge in [0, 0.05) is 17.0 Å². The SMILES string of the molecule is COc1cc(C(O)Cc2c(F)cccc2Cl)ccc1F. The molecule has 106 valence electrons. The van der Waals surface area contributed by atoms with Crippen LogP contribution in [0.25, 0.3) is 0 Å². The molecule has 2 nitrogen and oxygen atoms in total. The van der Waals surface area contributed by atoms with E-state index in [-0.39, 0.29) is 22.8 Å². The van der Waals surface area contributed by atoms with Gasteiger partial charge in [-0.15, -0.1) is 0 Å². The number of methoxy groups -OCH3 is 1. The second-order valence-corrected chi connectivity index (χ2v) is 4.72. The standard InChI is InChI=1S/C15H13ClF2O2/c1-20-15-7-9(5-6-13(15)18)14(19)8-10-11(16)3-2-4-12(10)17/h2-7,14,19H,8H2,1H3. The van der Waals surface area contributed by atoms with Gasteiger partial charge in [-0.3, -0.25) is 0 Å². The van der Waals surface area contributed by atoms with Gasteiger partial charge in [-0.05, 0) is 29.8 Å². The monoisotopic (exact) mass is 298 g/mol. The fourth-order valence-electron chi connectivity index (χ4n) is 1.92. The van der Waals surface area contributed by atoms with Crippen molar-refractivity contribution in [2.24, 2.45) is 0 Å². The van der Waals surface area contributed by atoms with E-state index in [9.17, 15) is 13.9 Å². The fourth-order valence-corrected chi connectivity index (χ4v) is 2.16. The molecule has 2 rings (SSSR count). The van der Waals surface area contributed by atoms with Gasteiger partial charge in [0.15, 0.2) is 11.6 Å². The third-order valence-electron chi connectivity index (χ3n) is 3.02. The van der Waals surface area contributed by atoms with Crippen LogP contribution in [0.2, 0.25) is 5.02 Å². The number of rotatable bonds is 4. The Bertz CT molecular complexity index is 597. The highest BCUT2D eigenvalue weighted by Gasteiger charge is 2.16. The topological polar surface area (TPSA) is 29.5 Å². The Hall–Kier alpha value is -1.65. The number of hydrogen-bond acceptors (Lipinski definition) is 2. The van der Waals surface area contributed by atoms with Gasteiger partial charge in [0.2, 0.25) is 0 Å². The minimum Gasteiger partial charge on any atom is -0.494 e. The minimum atomic E-state index is -1.00. The van der Waals surface area contributed by atoms with Crippen LogP contribution in [0.3, 0.4) is 0 Å². The van der Waals surface area contributed by atoms with E-state index in [0.29, 0.717) is 5.56 Å². The van der Waals surface area contributed by atoms with E-state index >= 15 is 0 Å². The average molecular weight is 299 g/mol. The molecule has 0 heterocycles. The van der Waals surface area contributed by atoms with Crippen molar-refractivity contribution in [1.82, 2.24) is 0 Å². The van der Waals surface area contributed by atoms with Crippen molar-refractivity contribution < 1.29 is 18.6 Å². The Morgan fingerprint density at radius 3 is 2.60 bits per heavy atom. The third-order valence-corrected chi connectivity index (χ3v) is 3.37. The number of hydrogen-bond donors (Lipinski definition) is 1. The molecule has 20 heavy (non-hydrogen) atoms. The first-order valence-electron chi connectivity index (χ1n) is 5.97. The number of benzene rings is 2. The zero-order valence-corrected chi connectivity index (χ0v) is 11.5. The molecule has 2 aromatic rings. The van der Waals surface area contributed by atoms with E-state index in [1.165, 1.54) is 37.4 Å². The van der Waals surface area contributed by atoms with E-state index in [0.717, 1.165) is 0 Å². The van der Waals surface area contributed by atoms with Crippen molar-refractivity contribution in [2.75, 3.05) is 7.11 Å². The van der Waals surface area contributed by atoms with E-state index in [1.54, 1.807) is 6.07 Å². The molecule has 0 aliphatic rings. The fraction of sp³-hybridized carbons (Fsp3) is 0.200. The molecule has 0 bridgehead atoms. The second-order valence-electron chi connectivity index (χ2n) is 4.31. The first-order valence-corrected chi connectivity index (χ1v) is 6.35. The van der Waals surface area contributed by atoms with Gasteiger partial charge in [-0.1, -0.05) is 23.7 Å². The van der Waals surface area contributed by atoms with Crippen LogP contribution in [0.1, 0.15) is 17.2 Å². The molecule has 0 saturated carbocycles. The smallest absolute Gasteiger partial charge is 0.165 e. The lowest BCUT2D eigenvalue weighted by atomic mass is 10.0. The Morgan fingerprint density at radius 1 is 1.20 bits per heavy atom. The van der Waals surface area contributed by atoms with Crippen molar-refractivity contribution in [1.29, 1.82) is 0 Å². The normalized spacial score (nSPS) is 12.2. The maximum Gasteiger partial charge on any atom is 0.165 e. The summed E-state index contributed by atoms with van der Waals surface area (Å²) in [6.07, 6.45) is -1.00. The summed E-state index contributed by atoms with van der Waals surface area (Å²) in [4.78, 5) is 0. The van der Waals surface area contributed by atoms with Gasteiger partial charge in [0.05, 0.1) is 13.2 Å². The maximum absolute atomic E-state index is 13.7. The lowest BCUT2D eigenvalue weighted by molar-refractivity contribution is 0.176. The van der Waals surface area contributed by atoms with Gasteiger partial charge in [-0.25, -0.2) is 8.78 Å². The molecule has 0 spiro atoms. The highest BCUT2D eigenvalue weighted by atomic mass is 35.5. The number of aliphatic hydroxyl groups is 1. The van der Waals surface area contributed by atoms with Crippen molar-refractivity contribution in [3.05, 3.63) is 64.2 Å². The van der Waals surface area contributed by atoms with Crippen LogP contribution in [0, 0.1) is 11.6 Å². The third kappa shape index (κ3) is 3.08. The molecule has 0 aliphatic heterocycles. The largest absolute Gasteiger partial charge is 0.494 e. The van der Waals surface area contributed by atoms with Gasteiger partial charge >= 0.3 is 0 Å². The summed E-state index contributed by atoms with van der Waals surface area (Å²) in [6.45, 7) is 0. The number of ether oxygens (including phenoxy) is 1. The molecule has 0 radical (unpaired) electrons. The van der Waals surface area contributed by atoms with Gasteiger partial charge < -0.3 is 9.84 Å². The minimum absolute atomic E-state index is 0.000291. The molecule has 5 heteroatoms. The molecule has 0 fully saturated rings. The van der Waals surface area contributed by atoms with Gasteiger partial charge in [0.1, 0.15) is 5.82 Å². The van der Waals surface area contributed by atoms with Crippen molar-refractivity contribution in [3.8, 4) is 5.75 Å². The highest BCUT2D eigenvalue weighted by Crippen LogP contribution is 2.28. The van der Waals surface area contributed by atoms with E-state index in [4.69, 9.17) is 16.3 Å². The van der Waals surface area contributed by atoms with Crippen LogP contribution < -0.4 is 4.74 Å². The first-order chi connectivity index (χ1) is 9.52. The van der Waals surface area contributed by atoms with Gasteiger partial charge in [-0.2, -0.15) is 0 Å². The molecule has 0 amide bonds. The van der Waals surface area contributed by atoms with Gasteiger partial charge in [0.25, 0.3) is 0 Å². The summed E-state index contributed by atoms with van der Waals surface area (Å²) in [6, 6.07) is 8.33. The van der Waals surface area contributed by atoms with Crippen LogP contribution in [-0.4, -0.2) is 12.2 Å². The predicted molar refractivity (Wildman–Crippen MR) is 73.0 cm³/mol. The highest BCUT2D eigenvalue weighted by molar-refractivity contribution is 6.31. The Kier molecular flexibility index (Phi) is 4.57. The molecule has 1 atom stereocenters. The van der Waals surface area contributed by atoms with Crippen LogP contribution >= 0.6 is 11.6 Å². The number of aliphatic hydroxyl groups excluding tert-OH is 1. The summed E-state index contributed by atoms with van der Waals surface area (Å²) in [7, 11) is 1.34. The molecule has 0 aliphatic carbocycles. The molecule has 0 saturated heterocycles. The molecular weight excluding hydrogens is 286 g/mol. The van der Waals surface area contributed by atoms with Crippen LogP contribution in [0.4, 0.5) is 8.78 Å². The van der Waals surface area contributed by atoms with Crippen LogP contribution in [0.15, 0.2) is 36.4 Å². The molecule has 2 aromatic carbocycles. The zero-order valence-electron chi connectivity index (χ0n) is 10.7. The Morgan fingerprint density at radius 2 is 1.95 bits per heavy atom. The quantitative estimate of drug-likeness (QED) is 0.927. The van der Waals surface area contributed by atoms with Crippen molar-refractivity contribution >= 4 is 11.6 Å². The molecular formula is C15H13ClF2O2. The Balaban J connectivity index is 2.26. The number of halogens is 3. The molecule has 0 aromatic heterocycles. The summed E-state index contributed by atoms with van der Waals surface area (Å²) in [5.41, 5.74) is 0.660. The zero-order chi connectivity index (χ0) is 14.7. The van der Waals surface area contributed by atoms with Crippen molar-refractivity contribution in [3.63, 3.8) is 0 Å². The molecule has 1 unspecified atom stereocenters.